The van der Waals surface area contributed by atoms with Crippen molar-refractivity contribution in [2.24, 2.45) is 0 Å². The van der Waals surface area contributed by atoms with Gasteiger partial charge in [-0.05, 0) is 44.9 Å². The molecule has 0 aromatic carbocycles. The number of unbranched alkanes of at least 4 members (excludes halogenated alkanes) is 24. The van der Waals surface area contributed by atoms with Gasteiger partial charge in [0.2, 0.25) is 0 Å². The van der Waals surface area contributed by atoms with Gasteiger partial charge in [-0.25, -0.2) is 4.57 Å². The summed E-state index contributed by atoms with van der Waals surface area (Å²) in [6, 6.07) is 0. The molecule has 0 aliphatic rings. The Balaban J connectivity index is 3.91. The van der Waals surface area contributed by atoms with Crippen LogP contribution in [-0.2, 0) is 28.2 Å². The van der Waals surface area contributed by atoms with Gasteiger partial charge in [0.15, 0.2) is 6.10 Å². The van der Waals surface area contributed by atoms with Crippen molar-refractivity contribution in [1.29, 1.82) is 0 Å². The standard InChI is InChI=1S/C41H77O8P/c1-3-5-7-9-11-13-15-17-19-20-22-23-25-27-29-31-33-35-40(42)47-37-39(38-48-50(44,45)46)49-41(43)36-34-32-30-28-26-24-21-18-16-14-12-10-8-6-4-2/h11,13,17,19,39H,3-10,12,14-16,18,20-38H2,1-2H3,(H2,44,45,46)/b13-11+,19-17+/t39-/m1/s1. The van der Waals surface area contributed by atoms with Crippen LogP contribution in [0.2, 0.25) is 0 Å². The van der Waals surface area contributed by atoms with Crippen LogP contribution < -0.4 is 0 Å². The number of phosphoric acid groups is 1. The molecular formula is C41H77O8P. The highest BCUT2D eigenvalue weighted by atomic mass is 31.2. The highest BCUT2D eigenvalue weighted by Crippen LogP contribution is 2.36. The Morgan fingerprint density at radius 3 is 1.36 bits per heavy atom. The van der Waals surface area contributed by atoms with Crippen molar-refractivity contribution in [1.82, 2.24) is 0 Å². The van der Waals surface area contributed by atoms with Crippen molar-refractivity contribution in [3.8, 4) is 0 Å². The first kappa shape index (κ1) is 48.5. The Morgan fingerprint density at radius 2 is 0.900 bits per heavy atom. The Labute approximate surface area is 307 Å². The van der Waals surface area contributed by atoms with E-state index in [0.29, 0.717) is 6.42 Å². The molecule has 0 saturated carbocycles. The van der Waals surface area contributed by atoms with Gasteiger partial charge in [-0.3, -0.25) is 14.1 Å². The molecule has 0 aliphatic carbocycles. The molecule has 1 atom stereocenters. The van der Waals surface area contributed by atoms with E-state index in [4.69, 9.17) is 19.3 Å². The molecule has 0 heterocycles. The summed E-state index contributed by atoms with van der Waals surface area (Å²) in [6.07, 6.45) is 41.8. The minimum absolute atomic E-state index is 0.214. The maximum Gasteiger partial charge on any atom is 0.469 e. The zero-order valence-corrected chi connectivity index (χ0v) is 33.2. The second-order valence-electron chi connectivity index (χ2n) is 14.0. The van der Waals surface area contributed by atoms with Crippen molar-refractivity contribution in [3.05, 3.63) is 24.3 Å². The lowest BCUT2D eigenvalue weighted by Gasteiger charge is -2.18. The fourth-order valence-corrected chi connectivity index (χ4v) is 6.23. The van der Waals surface area contributed by atoms with Crippen LogP contribution in [0.25, 0.3) is 0 Å². The Morgan fingerprint density at radius 1 is 0.520 bits per heavy atom. The first-order valence-electron chi connectivity index (χ1n) is 20.6. The number of phosphoric ester groups is 1. The molecule has 0 unspecified atom stereocenters. The summed E-state index contributed by atoms with van der Waals surface area (Å²) in [6.45, 7) is 3.67. The molecule has 0 rings (SSSR count). The predicted molar refractivity (Wildman–Crippen MR) is 207 cm³/mol. The second-order valence-corrected chi connectivity index (χ2v) is 15.2. The molecule has 0 aromatic rings. The van der Waals surface area contributed by atoms with E-state index in [1.165, 1.54) is 116 Å². The van der Waals surface area contributed by atoms with Crippen LogP contribution in [-0.4, -0.2) is 41.0 Å². The van der Waals surface area contributed by atoms with E-state index < -0.39 is 32.5 Å². The summed E-state index contributed by atoms with van der Waals surface area (Å²) < 4.78 is 26.4. The van der Waals surface area contributed by atoms with Gasteiger partial charge in [-0.1, -0.05) is 173 Å². The summed E-state index contributed by atoms with van der Waals surface area (Å²) in [5.74, 6) is -0.886. The summed E-state index contributed by atoms with van der Waals surface area (Å²) in [7, 11) is -4.75. The Bertz CT molecular complexity index is 869. The van der Waals surface area contributed by atoms with Gasteiger partial charge in [0.25, 0.3) is 0 Å². The van der Waals surface area contributed by atoms with Crippen molar-refractivity contribution in [3.63, 3.8) is 0 Å². The van der Waals surface area contributed by atoms with E-state index in [9.17, 15) is 14.2 Å². The van der Waals surface area contributed by atoms with Crippen LogP contribution in [0.1, 0.15) is 206 Å². The summed E-state index contributed by atoms with van der Waals surface area (Å²) in [5, 5.41) is 0. The predicted octanol–water partition coefficient (Wildman–Crippen LogP) is 12.4. The SMILES string of the molecule is CCCCC/C=C/C/C=C/CCCCCCCCCC(=O)OC[C@H](COP(=O)(O)O)OC(=O)CCCCCCCCCCCCCCCCC. The van der Waals surface area contributed by atoms with E-state index in [-0.39, 0.29) is 19.4 Å². The zero-order valence-electron chi connectivity index (χ0n) is 32.3. The van der Waals surface area contributed by atoms with Crippen LogP contribution in [0.4, 0.5) is 0 Å². The van der Waals surface area contributed by atoms with E-state index in [1.807, 2.05) is 0 Å². The zero-order chi connectivity index (χ0) is 36.8. The van der Waals surface area contributed by atoms with Gasteiger partial charge < -0.3 is 19.3 Å². The minimum atomic E-state index is -4.75. The number of esters is 2. The highest BCUT2D eigenvalue weighted by molar-refractivity contribution is 7.46. The van der Waals surface area contributed by atoms with Crippen LogP contribution >= 0.6 is 7.82 Å². The van der Waals surface area contributed by atoms with Crippen molar-refractivity contribution >= 4 is 19.8 Å². The topological polar surface area (TPSA) is 119 Å². The molecule has 2 N–H and O–H groups in total. The fourth-order valence-electron chi connectivity index (χ4n) is 5.87. The van der Waals surface area contributed by atoms with Crippen molar-refractivity contribution in [2.45, 2.75) is 213 Å². The van der Waals surface area contributed by atoms with Crippen LogP contribution in [0.15, 0.2) is 24.3 Å². The molecule has 0 aromatic heterocycles. The smallest absolute Gasteiger partial charge is 0.462 e. The highest BCUT2D eigenvalue weighted by Gasteiger charge is 2.22. The molecule has 0 saturated heterocycles. The maximum absolute atomic E-state index is 12.4. The molecule has 8 nitrogen and oxygen atoms in total. The van der Waals surface area contributed by atoms with Crippen LogP contribution in [0.3, 0.4) is 0 Å². The lowest BCUT2D eigenvalue weighted by atomic mass is 10.0. The molecule has 0 amide bonds. The monoisotopic (exact) mass is 729 g/mol. The normalized spacial score (nSPS) is 12.6. The third-order valence-electron chi connectivity index (χ3n) is 8.97. The number of carbonyl (C=O) groups excluding carboxylic acids is 2. The van der Waals surface area contributed by atoms with Crippen molar-refractivity contribution < 1.29 is 37.9 Å². The second kappa shape index (κ2) is 37.3. The number of carbonyl (C=O) groups is 2. The van der Waals surface area contributed by atoms with Gasteiger partial charge >= 0.3 is 19.8 Å². The number of ether oxygens (including phenoxy) is 2. The molecule has 9 heteroatoms. The Kier molecular flexibility index (Phi) is 36.2. The quantitative estimate of drug-likeness (QED) is 0.0279. The third kappa shape index (κ3) is 39.3. The molecule has 0 spiro atoms. The summed E-state index contributed by atoms with van der Waals surface area (Å²) in [5.41, 5.74) is 0. The molecule has 0 bridgehead atoms. The average molecular weight is 729 g/mol. The first-order valence-corrected chi connectivity index (χ1v) is 22.2. The minimum Gasteiger partial charge on any atom is -0.462 e. The largest absolute Gasteiger partial charge is 0.469 e. The number of hydrogen-bond acceptors (Lipinski definition) is 6. The fraction of sp³-hybridized carbons (Fsp3) is 0.854. The lowest BCUT2D eigenvalue weighted by molar-refractivity contribution is -0.161. The molecule has 0 radical (unpaired) electrons. The molecule has 0 fully saturated rings. The third-order valence-corrected chi connectivity index (χ3v) is 9.46. The van der Waals surface area contributed by atoms with E-state index >= 15 is 0 Å². The summed E-state index contributed by atoms with van der Waals surface area (Å²) >= 11 is 0. The lowest BCUT2D eigenvalue weighted by Crippen LogP contribution is -2.29. The molecule has 0 aliphatic heterocycles. The molecule has 50 heavy (non-hydrogen) atoms. The maximum atomic E-state index is 12.4. The van der Waals surface area contributed by atoms with Crippen LogP contribution in [0, 0.1) is 0 Å². The van der Waals surface area contributed by atoms with Gasteiger partial charge in [-0.2, -0.15) is 0 Å². The van der Waals surface area contributed by atoms with E-state index in [2.05, 4.69) is 42.7 Å². The van der Waals surface area contributed by atoms with Crippen LogP contribution in [0.5, 0.6) is 0 Å². The molecular weight excluding hydrogens is 651 g/mol. The van der Waals surface area contributed by atoms with E-state index in [0.717, 1.165) is 57.8 Å². The average Bonchev–Trinajstić information content (AvgIpc) is 3.08. The van der Waals surface area contributed by atoms with Gasteiger partial charge in [0.05, 0.1) is 6.61 Å². The van der Waals surface area contributed by atoms with Gasteiger partial charge in [0.1, 0.15) is 6.61 Å². The Hall–Kier alpha value is -1.47. The summed E-state index contributed by atoms with van der Waals surface area (Å²) in [4.78, 5) is 42.8. The number of allylic oxidation sites excluding steroid dienone is 4. The van der Waals surface area contributed by atoms with Gasteiger partial charge in [0, 0.05) is 12.8 Å². The van der Waals surface area contributed by atoms with Gasteiger partial charge in [-0.15, -0.1) is 0 Å². The van der Waals surface area contributed by atoms with Crippen molar-refractivity contribution in [2.75, 3.05) is 13.2 Å². The van der Waals surface area contributed by atoms with E-state index in [1.54, 1.807) is 0 Å². The number of hydrogen-bond donors (Lipinski definition) is 2. The number of rotatable bonds is 38. The first-order chi connectivity index (χ1) is 24.3. The molecule has 294 valence electrons.